The maximum absolute atomic E-state index is 2.36. The highest BCUT2D eigenvalue weighted by atomic mass is 31.1. The van der Waals surface area contributed by atoms with Crippen molar-refractivity contribution in [3.63, 3.8) is 0 Å². The molecule has 0 nitrogen and oxygen atoms in total. The standard InChI is InChI=1S/C16H21P/c1-4-17(3)16-11-9-15(10-12-16)14-7-5-13(2)6-8-14/h5,7-13H,4,6H2,1-3H3. The van der Waals surface area contributed by atoms with Gasteiger partial charge in [-0.25, -0.2) is 0 Å². The van der Waals surface area contributed by atoms with Gasteiger partial charge in [0.15, 0.2) is 0 Å². The number of hydrogen-bond acceptors (Lipinski definition) is 0. The average molecular weight is 244 g/mol. The Labute approximate surface area is 106 Å². The van der Waals surface area contributed by atoms with Crippen LogP contribution in [0, 0.1) is 5.92 Å². The van der Waals surface area contributed by atoms with Crippen molar-refractivity contribution in [1.29, 1.82) is 0 Å². The van der Waals surface area contributed by atoms with Crippen LogP contribution in [-0.4, -0.2) is 12.8 Å². The molecule has 1 aliphatic carbocycles. The molecule has 2 atom stereocenters. The molecule has 2 unspecified atom stereocenters. The van der Waals surface area contributed by atoms with E-state index in [4.69, 9.17) is 0 Å². The van der Waals surface area contributed by atoms with Crippen molar-refractivity contribution < 1.29 is 0 Å². The largest absolute Gasteiger partial charge is 0.0808 e. The van der Waals surface area contributed by atoms with Gasteiger partial charge >= 0.3 is 0 Å². The lowest BCUT2D eigenvalue weighted by molar-refractivity contribution is 0.739. The molecule has 0 saturated heterocycles. The molecule has 0 heterocycles. The lowest BCUT2D eigenvalue weighted by atomic mass is 9.94. The predicted octanol–water partition coefficient (Wildman–Crippen LogP) is 4.42. The summed E-state index contributed by atoms with van der Waals surface area (Å²) in [4.78, 5) is 0. The summed E-state index contributed by atoms with van der Waals surface area (Å²) in [5, 5.41) is 1.51. The van der Waals surface area contributed by atoms with Gasteiger partial charge in [-0.1, -0.05) is 64.3 Å². The molecular formula is C16H21P. The summed E-state index contributed by atoms with van der Waals surface area (Å²) in [7, 11) is 0.0520. The molecule has 0 radical (unpaired) electrons. The summed E-state index contributed by atoms with van der Waals surface area (Å²) < 4.78 is 0. The zero-order valence-electron chi connectivity index (χ0n) is 11.0. The van der Waals surface area contributed by atoms with E-state index in [1.54, 1.807) is 0 Å². The fourth-order valence-corrected chi connectivity index (χ4v) is 3.06. The molecule has 0 bridgehead atoms. The summed E-state index contributed by atoms with van der Waals surface area (Å²) in [6, 6.07) is 9.15. The van der Waals surface area contributed by atoms with Gasteiger partial charge in [-0.05, 0) is 41.6 Å². The molecule has 0 aromatic heterocycles. The second-order valence-corrected chi connectivity index (χ2v) is 7.34. The number of allylic oxidation sites excluding steroid dienone is 4. The van der Waals surface area contributed by atoms with Crippen molar-refractivity contribution >= 4 is 18.8 Å². The minimum absolute atomic E-state index is 0.0520. The second-order valence-electron chi connectivity index (χ2n) is 4.79. The van der Waals surface area contributed by atoms with Gasteiger partial charge in [-0.3, -0.25) is 0 Å². The molecule has 0 spiro atoms. The predicted molar refractivity (Wildman–Crippen MR) is 80.4 cm³/mol. The van der Waals surface area contributed by atoms with E-state index < -0.39 is 0 Å². The van der Waals surface area contributed by atoms with E-state index in [0.29, 0.717) is 5.92 Å². The Morgan fingerprint density at radius 3 is 2.47 bits per heavy atom. The van der Waals surface area contributed by atoms with Gasteiger partial charge in [0.05, 0.1) is 0 Å². The summed E-state index contributed by atoms with van der Waals surface area (Å²) >= 11 is 0. The first-order chi connectivity index (χ1) is 8.20. The lowest BCUT2D eigenvalue weighted by Crippen LogP contribution is -2.01. The van der Waals surface area contributed by atoms with Crippen molar-refractivity contribution in [2.24, 2.45) is 5.92 Å². The van der Waals surface area contributed by atoms with Crippen LogP contribution in [0.1, 0.15) is 25.8 Å². The average Bonchev–Trinajstić information content (AvgIpc) is 2.39. The summed E-state index contributed by atoms with van der Waals surface area (Å²) in [6.07, 6.45) is 9.37. The van der Waals surface area contributed by atoms with E-state index in [1.165, 1.54) is 29.0 Å². The molecule has 0 amide bonds. The van der Waals surface area contributed by atoms with E-state index in [0.717, 1.165) is 0 Å². The zero-order valence-corrected chi connectivity index (χ0v) is 11.9. The Bertz CT molecular complexity index is 425. The van der Waals surface area contributed by atoms with Crippen molar-refractivity contribution in [3.05, 3.63) is 48.1 Å². The molecule has 1 aliphatic rings. The highest BCUT2D eigenvalue weighted by molar-refractivity contribution is 7.64. The smallest absolute Gasteiger partial charge is 0.0187 e. The topological polar surface area (TPSA) is 0 Å². The normalized spacial score (nSPS) is 21.1. The maximum atomic E-state index is 2.36. The van der Waals surface area contributed by atoms with Gasteiger partial charge < -0.3 is 0 Å². The Morgan fingerprint density at radius 1 is 1.24 bits per heavy atom. The third-order valence-electron chi connectivity index (χ3n) is 3.43. The van der Waals surface area contributed by atoms with Crippen LogP contribution < -0.4 is 5.30 Å². The SMILES string of the molecule is CCP(C)c1ccc(C2=CCC(C)C=C2)cc1. The third kappa shape index (κ3) is 3.07. The van der Waals surface area contributed by atoms with Gasteiger partial charge in [0, 0.05) is 0 Å². The van der Waals surface area contributed by atoms with Crippen molar-refractivity contribution in [2.75, 3.05) is 12.8 Å². The van der Waals surface area contributed by atoms with Crippen LogP contribution in [0.5, 0.6) is 0 Å². The molecule has 17 heavy (non-hydrogen) atoms. The van der Waals surface area contributed by atoms with E-state index >= 15 is 0 Å². The highest BCUT2D eigenvalue weighted by Crippen LogP contribution is 2.29. The molecule has 0 aliphatic heterocycles. The van der Waals surface area contributed by atoms with E-state index in [9.17, 15) is 0 Å². The minimum atomic E-state index is 0.0520. The Balaban J connectivity index is 2.16. The molecular weight excluding hydrogens is 223 g/mol. The fraction of sp³-hybridized carbons (Fsp3) is 0.375. The van der Waals surface area contributed by atoms with Crippen LogP contribution in [0.2, 0.25) is 0 Å². The monoisotopic (exact) mass is 244 g/mol. The first-order valence-electron chi connectivity index (χ1n) is 6.40. The summed E-state index contributed by atoms with van der Waals surface area (Å²) in [5.41, 5.74) is 2.74. The van der Waals surface area contributed by atoms with E-state index in [-0.39, 0.29) is 7.92 Å². The maximum Gasteiger partial charge on any atom is -0.0187 e. The van der Waals surface area contributed by atoms with Gasteiger partial charge in [-0.2, -0.15) is 0 Å². The summed E-state index contributed by atoms with van der Waals surface area (Å²) in [5.74, 6) is 0.696. The van der Waals surface area contributed by atoms with Gasteiger partial charge in [0.1, 0.15) is 0 Å². The fourth-order valence-electron chi connectivity index (χ4n) is 2.03. The second kappa shape index (κ2) is 5.65. The molecule has 0 fully saturated rings. The molecule has 0 N–H and O–H groups in total. The van der Waals surface area contributed by atoms with Crippen LogP contribution in [0.4, 0.5) is 0 Å². The Morgan fingerprint density at radius 2 is 1.94 bits per heavy atom. The highest BCUT2D eigenvalue weighted by Gasteiger charge is 2.06. The molecule has 1 aromatic carbocycles. The van der Waals surface area contributed by atoms with Crippen LogP contribution in [0.3, 0.4) is 0 Å². The van der Waals surface area contributed by atoms with Crippen LogP contribution in [0.15, 0.2) is 42.5 Å². The van der Waals surface area contributed by atoms with Crippen molar-refractivity contribution in [1.82, 2.24) is 0 Å². The first kappa shape index (κ1) is 12.6. The van der Waals surface area contributed by atoms with Crippen LogP contribution in [-0.2, 0) is 0 Å². The van der Waals surface area contributed by atoms with Gasteiger partial charge in [-0.15, -0.1) is 0 Å². The van der Waals surface area contributed by atoms with Gasteiger partial charge in [0.25, 0.3) is 0 Å². The molecule has 1 aromatic rings. The van der Waals surface area contributed by atoms with Crippen LogP contribution >= 0.6 is 7.92 Å². The van der Waals surface area contributed by atoms with Gasteiger partial charge in [0.2, 0.25) is 0 Å². The third-order valence-corrected chi connectivity index (χ3v) is 5.56. The molecule has 1 heteroatoms. The molecule has 0 saturated carbocycles. The van der Waals surface area contributed by atoms with E-state index in [1.807, 2.05) is 0 Å². The molecule has 90 valence electrons. The first-order valence-corrected chi connectivity index (χ1v) is 8.38. The lowest BCUT2D eigenvalue weighted by Gasteiger charge is -2.14. The van der Waals surface area contributed by atoms with Crippen LogP contribution in [0.25, 0.3) is 5.57 Å². The quantitative estimate of drug-likeness (QED) is 0.690. The minimum Gasteiger partial charge on any atom is -0.0808 e. The Hall–Kier alpha value is -0.870. The molecule has 2 rings (SSSR count). The van der Waals surface area contributed by atoms with E-state index in [2.05, 4.69) is 63.0 Å². The Kier molecular flexibility index (Phi) is 4.18. The zero-order chi connectivity index (χ0) is 12.3. The number of hydrogen-bond donors (Lipinski definition) is 0. The summed E-state index contributed by atoms with van der Waals surface area (Å²) in [6.45, 7) is 6.89. The number of rotatable bonds is 3. The van der Waals surface area contributed by atoms with Crippen molar-refractivity contribution in [2.45, 2.75) is 20.3 Å². The van der Waals surface area contributed by atoms with Crippen molar-refractivity contribution in [3.8, 4) is 0 Å². The number of benzene rings is 1.